The zero-order valence-electron chi connectivity index (χ0n) is 9.47. The molecule has 0 bridgehead atoms. The predicted octanol–water partition coefficient (Wildman–Crippen LogP) is 1.12. The van der Waals surface area contributed by atoms with Crippen molar-refractivity contribution in [2.45, 2.75) is 19.5 Å². The second kappa shape index (κ2) is 5.92. The van der Waals surface area contributed by atoms with Crippen LogP contribution in [-0.4, -0.2) is 35.1 Å². The minimum atomic E-state index is 0.442. The van der Waals surface area contributed by atoms with E-state index in [1.165, 1.54) is 0 Å². The van der Waals surface area contributed by atoms with E-state index in [4.69, 9.17) is 5.73 Å². The zero-order valence-corrected chi connectivity index (χ0v) is 10.3. The Morgan fingerprint density at radius 2 is 2.20 bits per heavy atom. The van der Waals surface area contributed by atoms with E-state index in [0.29, 0.717) is 12.6 Å². The second-order valence-corrected chi connectivity index (χ2v) is 4.40. The third-order valence-corrected chi connectivity index (χ3v) is 3.15. The van der Waals surface area contributed by atoms with E-state index >= 15 is 0 Å². The van der Waals surface area contributed by atoms with Gasteiger partial charge >= 0.3 is 0 Å². The molecule has 2 N–H and O–H groups in total. The van der Waals surface area contributed by atoms with Gasteiger partial charge in [-0.2, -0.15) is 11.8 Å². The SMILES string of the molecule is CSCC(C)N(C)c1cnc(CN)cn1. The first-order valence-electron chi connectivity index (χ1n) is 4.91. The summed E-state index contributed by atoms with van der Waals surface area (Å²) in [5, 5.41) is 0. The van der Waals surface area contributed by atoms with Crippen LogP contribution in [0.5, 0.6) is 0 Å². The fourth-order valence-electron chi connectivity index (χ4n) is 1.21. The van der Waals surface area contributed by atoms with Gasteiger partial charge in [-0.15, -0.1) is 0 Å². The summed E-state index contributed by atoms with van der Waals surface area (Å²) in [4.78, 5) is 10.7. The molecule has 84 valence electrons. The summed E-state index contributed by atoms with van der Waals surface area (Å²) in [5.41, 5.74) is 6.29. The summed E-state index contributed by atoms with van der Waals surface area (Å²) in [6.45, 7) is 2.62. The molecule has 5 heteroatoms. The lowest BCUT2D eigenvalue weighted by atomic mass is 10.3. The number of nitrogens with zero attached hydrogens (tertiary/aromatic N) is 3. The van der Waals surface area contributed by atoms with E-state index in [9.17, 15) is 0 Å². The molecule has 0 radical (unpaired) electrons. The van der Waals surface area contributed by atoms with Gasteiger partial charge in [0.1, 0.15) is 5.82 Å². The van der Waals surface area contributed by atoms with Gasteiger partial charge in [-0.05, 0) is 13.2 Å². The standard InChI is InChI=1S/C10H18N4S/c1-8(7-15-3)14(2)10-6-12-9(4-11)5-13-10/h5-6,8H,4,7,11H2,1-3H3. The lowest BCUT2D eigenvalue weighted by Crippen LogP contribution is -2.31. The average Bonchev–Trinajstić information content (AvgIpc) is 2.28. The van der Waals surface area contributed by atoms with E-state index in [0.717, 1.165) is 17.3 Å². The highest BCUT2D eigenvalue weighted by molar-refractivity contribution is 7.98. The molecular formula is C10H18N4S. The van der Waals surface area contributed by atoms with Crippen LogP contribution in [0, 0.1) is 0 Å². The van der Waals surface area contributed by atoms with Crippen LogP contribution in [0.1, 0.15) is 12.6 Å². The second-order valence-electron chi connectivity index (χ2n) is 3.49. The van der Waals surface area contributed by atoms with Crippen molar-refractivity contribution < 1.29 is 0 Å². The highest BCUT2D eigenvalue weighted by atomic mass is 32.2. The van der Waals surface area contributed by atoms with Crippen molar-refractivity contribution >= 4 is 17.6 Å². The van der Waals surface area contributed by atoms with E-state index in [1.54, 1.807) is 12.4 Å². The van der Waals surface area contributed by atoms with Gasteiger partial charge < -0.3 is 10.6 Å². The Kier molecular flexibility index (Phi) is 4.84. The van der Waals surface area contributed by atoms with Crippen LogP contribution in [-0.2, 0) is 6.54 Å². The molecule has 1 atom stereocenters. The maximum atomic E-state index is 5.46. The number of hydrogen-bond acceptors (Lipinski definition) is 5. The molecule has 0 aliphatic carbocycles. The molecule has 0 aliphatic heterocycles. The Morgan fingerprint density at radius 1 is 1.47 bits per heavy atom. The summed E-state index contributed by atoms with van der Waals surface area (Å²) in [5.74, 6) is 1.98. The first-order valence-corrected chi connectivity index (χ1v) is 6.31. The van der Waals surface area contributed by atoms with Crippen molar-refractivity contribution in [3.05, 3.63) is 18.1 Å². The third kappa shape index (κ3) is 3.35. The molecule has 0 fully saturated rings. The Balaban J connectivity index is 2.69. The van der Waals surface area contributed by atoms with Gasteiger partial charge in [0, 0.05) is 25.4 Å². The first kappa shape index (κ1) is 12.3. The van der Waals surface area contributed by atoms with E-state index in [1.807, 2.05) is 18.8 Å². The number of anilines is 1. The van der Waals surface area contributed by atoms with Gasteiger partial charge in [0.2, 0.25) is 0 Å². The highest BCUT2D eigenvalue weighted by Crippen LogP contribution is 2.12. The maximum Gasteiger partial charge on any atom is 0.147 e. The van der Waals surface area contributed by atoms with Crippen molar-refractivity contribution in [2.24, 2.45) is 5.73 Å². The molecule has 0 spiro atoms. The molecule has 4 nitrogen and oxygen atoms in total. The van der Waals surface area contributed by atoms with Crippen molar-refractivity contribution in [1.82, 2.24) is 9.97 Å². The molecule has 1 heterocycles. The molecule has 0 saturated carbocycles. The molecule has 0 aromatic carbocycles. The first-order chi connectivity index (χ1) is 7.19. The van der Waals surface area contributed by atoms with E-state index in [2.05, 4.69) is 28.0 Å². The van der Waals surface area contributed by atoms with Crippen LogP contribution in [0.15, 0.2) is 12.4 Å². The Bertz CT molecular complexity index is 288. The summed E-state index contributed by atoms with van der Waals surface area (Å²) in [6.07, 6.45) is 5.62. The van der Waals surface area contributed by atoms with Crippen molar-refractivity contribution in [3.63, 3.8) is 0 Å². The van der Waals surface area contributed by atoms with Gasteiger partial charge in [0.15, 0.2) is 0 Å². The Hall–Kier alpha value is -0.810. The number of aromatic nitrogens is 2. The Morgan fingerprint density at radius 3 is 2.67 bits per heavy atom. The Labute approximate surface area is 95.3 Å². The lowest BCUT2D eigenvalue weighted by Gasteiger charge is -2.24. The van der Waals surface area contributed by atoms with Crippen LogP contribution in [0.3, 0.4) is 0 Å². The van der Waals surface area contributed by atoms with E-state index < -0.39 is 0 Å². The maximum absolute atomic E-state index is 5.46. The highest BCUT2D eigenvalue weighted by Gasteiger charge is 2.10. The van der Waals surface area contributed by atoms with Crippen LogP contribution < -0.4 is 10.6 Å². The number of hydrogen-bond donors (Lipinski definition) is 1. The molecule has 1 unspecified atom stereocenters. The topological polar surface area (TPSA) is 55.0 Å². The third-order valence-electron chi connectivity index (χ3n) is 2.33. The summed E-state index contributed by atoms with van der Waals surface area (Å²) < 4.78 is 0. The predicted molar refractivity (Wildman–Crippen MR) is 66.2 cm³/mol. The molecule has 1 rings (SSSR count). The zero-order chi connectivity index (χ0) is 11.3. The summed E-state index contributed by atoms with van der Waals surface area (Å²) in [7, 11) is 2.03. The van der Waals surface area contributed by atoms with Crippen LogP contribution in [0.25, 0.3) is 0 Å². The normalized spacial score (nSPS) is 12.5. The molecule has 1 aromatic rings. The minimum Gasteiger partial charge on any atom is -0.355 e. The van der Waals surface area contributed by atoms with Gasteiger partial charge in [0.05, 0.1) is 18.1 Å². The van der Waals surface area contributed by atoms with Crippen LogP contribution >= 0.6 is 11.8 Å². The molecule has 15 heavy (non-hydrogen) atoms. The fraction of sp³-hybridized carbons (Fsp3) is 0.600. The van der Waals surface area contributed by atoms with E-state index in [-0.39, 0.29) is 0 Å². The fourth-order valence-corrected chi connectivity index (χ4v) is 1.92. The minimum absolute atomic E-state index is 0.442. The molecule has 1 aromatic heterocycles. The van der Waals surface area contributed by atoms with Crippen LogP contribution in [0.2, 0.25) is 0 Å². The van der Waals surface area contributed by atoms with Crippen LogP contribution in [0.4, 0.5) is 5.82 Å². The van der Waals surface area contributed by atoms with Crippen molar-refractivity contribution in [2.75, 3.05) is 24.0 Å². The number of nitrogens with two attached hydrogens (primary N) is 1. The van der Waals surface area contributed by atoms with Crippen molar-refractivity contribution in [3.8, 4) is 0 Å². The quantitative estimate of drug-likeness (QED) is 0.815. The monoisotopic (exact) mass is 226 g/mol. The van der Waals surface area contributed by atoms with Gasteiger partial charge in [-0.1, -0.05) is 0 Å². The van der Waals surface area contributed by atoms with Gasteiger partial charge in [0.25, 0.3) is 0 Å². The molecule has 0 amide bonds. The molecule has 0 aliphatic rings. The summed E-state index contributed by atoms with van der Waals surface area (Å²) in [6, 6.07) is 0.457. The van der Waals surface area contributed by atoms with Gasteiger partial charge in [-0.25, -0.2) is 4.98 Å². The molecule has 0 saturated heterocycles. The largest absolute Gasteiger partial charge is 0.355 e. The summed E-state index contributed by atoms with van der Waals surface area (Å²) >= 11 is 1.83. The molecular weight excluding hydrogens is 208 g/mol. The number of rotatable bonds is 5. The lowest BCUT2D eigenvalue weighted by molar-refractivity contribution is 0.748. The average molecular weight is 226 g/mol. The number of thioether (sulfide) groups is 1. The van der Waals surface area contributed by atoms with Gasteiger partial charge in [-0.3, -0.25) is 4.98 Å². The van der Waals surface area contributed by atoms with Crippen molar-refractivity contribution in [1.29, 1.82) is 0 Å². The smallest absolute Gasteiger partial charge is 0.147 e.